The number of thioether (sulfide) groups is 4. The molecule has 4 fully saturated rings. The van der Waals surface area contributed by atoms with Gasteiger partial charge in [-0.25, -0.2) is 0 Å². The molecule has 4 saturated heterocycles. The van der Waals surface area contributed by atoms with E-state index in [2.05, 4.69) is 98.6 Å². The second-order valence-electron chi connectivity index (χ2n) is 20.8. The van der Waals surface area contributed by atoms with Gasteiger partial charge in [0, 0.05) is 0 Å². The van der Waals surface area contributed by atoms with Gasteiger partial charge >= 0.3 is 465 Å². The van der Waals surface area contributed by atoms with Gasteiger partial charge in [-0.1, -0.05) is 0 Å². The Balaban J connectivity index is 0.000000494. The van der Waals surface area contributed by atoms with E-state index in [0.717, 1.165) is 45.9 Å². The Hall–Kier alpha value is -2.01. The van der Waals surface area contributed by atoms with Crippen molar-refractivity contribution in [1.82, 2.24) is 19.6 Å². The van der Waals surface area contributed by atoms with E-state index in [-0.39, 0.29) is 86.3 Å². The molecular formula is C50H86B4N4O12S4. The monoisotopic (exact) mass is 1110 g/mol. The second kappa shape index (κ2) is 34.1. The van der Waals surface area contributed by atoms with Crippen LogP contribution in [-0.2, 0) is 47.4 Å². The summed E-state index contributed by atoms with van der Waals surface area (Å²) in [5.41, 5.74) is 0. The maximum atomic E-state index is 11.7. The van der Waals surface area contributed by atoms with Gasteiger partial charge in [-0.2, -0.15) is 0 Å². The van der Waals surface area contributed by atoms with Gasteiger partial charge in [0.05, 0.1) is 0 Å². The van der Waals surface area contributed by atoms with Gasteiger partial charge in [0.25, 0.3) is 0 Å². The van der Waals surface area contributed by atoms with Gasteiger partial charge in [-0.3, -0.25) is 0 Å². The minimum absolute atomic E-state index is 0.0163. The number of methoxy groups -OCH3 is 3. The van der Waals surface area contributed by atoms with Crippen LogP contribution in [0.15, 0.2) is 48.6 Å². The molecular weight excluding hydrogens is 1020 g/mol. The summed E-state index contributed by atoms with van der Waals surface area (Å²) in [5, 5.41) is 19.4. The average Bonchev–Trinajstić information content (AvgIpc) is 4.02. The molecule has 414 valence electrons. The summed E-state index contributed by atoms with van der Waals surface area (Å²) in [6.07, 6.45) is 15.0. The quantitative estimate of drug-likeness (QED) is 0.0429. The standard InChI is InChI=1S/C14H24BNO3S.C13H24BNO2S.C12H20BNO3S.C11H18BNO4S/c1-10(2)12(13(17)19-5)7-6-11-8-20-14(3,4)16(11)9-15-18;1-10(2)11(7-16)5-6-12-8-18-13(3,4)15(12)9-14-17;1-9(5-6-11(15)17-4)10-7-18-12(2,3)14(10)8-13-16;1-11(2)13(7-12-16)8(6-18-11)9(14)4-5-10(15)17-3/h6-7,10-12H,8-9H2,1-5H3;5-6,10-12,16H,7-9H2,1-4H3;5-6,9-10H,7-8H2,1-4H3;4-5,8-9,14H,6-7H2,1-3H3/b7-6+;2*6-5+;5-4+/t;11-,12?;;/m.1../s1. The number of carbonyl (C=O) groups is 3. The van der Waals surface area contributed by atoms with E-state index in [4.69, 9.17) is 4.74 Å². The molecule has 0 radical (unpaired) electrons. The molecule has 74 heavy (non-hydrogen) atoms. The molecule has 4 rings (SSSR count). The van der Waals surface area contributed by atoms with Crippen LogP contribution in [0.2, 0.25) is 0 Å². The van der Waals surface area contributed by atoms with E-state index in [1.165, 1.54) is 39.6 Å². The van der Waals surface area contributed by atoms with Crippen molar-refractivity contribution in [2.45, 2.75) is 140 Å². The van der Waals surface area contributed by atoms with E-state index in [9.17, 15) is 43.4 Å². The van der Waals surface area contributed by atoms with Crippen molar-refractivity contribution < 1.29 is 57.6 Å². The molecule has 0 aromatic heterocycles. The third-order valence-corrected chi connectivity index (χ3v) is 19.4. The number of carbonyl (C=O) groups excluding carboxylic acids is 3. The summed E-state index contributed by atoms with van der Waals surface area (Å²) in [7, 11) is 7.75. The molecule has 0 bridgehead atoms. The summed E-state index contributed by atoms with van der Waals surface area (Å²) in [6, 6.07) is 0.585. The third kappa shape index (κ3) is 22.4. The Kier molecular flexibility index (Phi) is 32.3. The molecule has 0 saturated carbocycles. The van der Waals surface area contributed by atoms with Crippen molar-refractivity contribution >= 4 is 93.6 Å². The summed E-state index contributed by atoms with van der Waals surface area (Å²) < 4.78 is 57.0. The normalized spacial score (nSPS) is 24.9. The van der Waals surface area contributed by atoms with Gasteiger partial charge in [0.2, 0.25) is 0 Å². The van der Waals surface area contributed by atoms with Crippen molar-refractivity contribution in [3.8, 4) is 0 Å². The van der Waals surface area contributed by atoms with Crippen LogP contribution in [0.1, 0.15) is 90.0 Å². The first-order valence-electron chi connectivity index (χ1n) is 25.2. The third-order valence-electron chi connectivity index (χ3n) is 13.6. The van der Waals surface area contributed by atoms with Crippen molar-refractivity contribution in [1.29, 1.82) is 0 Å². The van der Waals surface area contributed by atoms with Crippen molar-refractivity contribution in [2.75, 3.05) is 76.7 Å². The Morgan fingerprint density at radius 3 is 1.32 bits per heavy atom. The number of esters is 3. The van der Waals surface area contributed by atoms with Crippen molar-refractivity contribution in [3.05, 3.63) is 48.6 Å². The molecule has 4 heterocycles. The number of hydrogen-bond donors (Lipinski definition) is 2. The first-order valence-corrected chi connectivity index (χ1v) is 29.2. The van der Waals surface area contributed by atoms with Crippen LogP contribution >= 0.6 is 47.0 Å². The van der Waals surface area contributed by atoms with E-state index in [1.807, 2.05) is 86.1 Å². The van der Waals surface area contributed by atoms with Crippen LogP contribution < -0.4 is 0 Å². The van der Waals surface area contributed by atoms with Gasteiger partial charge in [0.1, 0.15) is 0 Å². The fourth-order valence-electron chi connectivity index (χ4n) is 8.75. The zero-order chi connectivity index (χ0) is 56.6. The van der Waals surface area contributed by atoms with Crippen LogP contribution in [0.4, 0.5) is 0 Å². The molecule has 0 aromatic rings. The van der Waals surface area contributed by atoms with E-state index in [0.29, 0.717) is 37.0 Å². The number of hydrogen-bond acceptors (Lipinski definition) is 20. The molecule has 0 aromatic carbocycles. The van der Waals surface area contributed by atoms with Crippen LogP contribution in [0.5, 0.6) is 0 Å². The number of aliphatic hydroxyl groups excluding tert-OH is 2. The number of rotatable bonds is 22. The molecule has 4 aliphatic rings. The number of aliphatic hydroxyl groups is 2. The number of nitrogens with zero attached hydrogens (tertiary/aromatic N) is 4. The van der Waals surface area contributed by atoms with E-state index >= 15 is 0 Å². The van der Waals surface area contributed by atoms with Crippen LogP contribution in [-0.4, -0.2) is 203 Å². The average molecular weight is 1110 g/mol. The Bertz CT molecular complexity index is 1850. The van der Waals surface area contributed by atoms with E-state index < -0.39 is 12.1 Å². The zero-order valence-corrected chi connectivity index (χ0v) is 50.2. The molecule has 16 nitrogen and oxygen atoms in total. The first-order chi connectivity index (χ1) is 34.6. The molecule has 0 spiro atoms. The van der Waals surface area contributed by atoms with Gasteiger partial charge in [-0.05, 0) is 0 Å². The second-order valence-corrected chi connectivity index (χ2v) is 27.3. The Labute approximate surface area is 462 Å². The summed E-state index contributed by atoms with van der Waals surface area (Å²) in [5.74, 6) is 3.39. The fraction of sp³-hybridized carbons (Fsp3) is 0.780. The van der Waals surface area contributed by atoms with Gasteiger partial charge < -0.3 is 0 Å². The summed E-state index contributed by atoms with van der Waals surface area (Å²) in [4.78, 5) is 42.1. The molecule has 8 atom stereocenters. The van der Waals surface area contributed by atoms with Gasteiger partial charge in [0.15, 0.2) is 0 Å². The van der Waals surface area contributed by atoms with Crippen LogP contribution in [0, 0.1) is 29.6 Å². The van der Waals surface area contributed by atoms with Crippen molar-refractivity contribution in [3.63, 3.8) is 0 Å². The first kappa shape index (κ1) is 70.0. The molecule has 4 aliphatic heterocycles. The minimum atomic E-state index is -0.793. The van der Waals surface area contributed by atoms with E-state index in [1.54, 1.807) is 11.8 Å². The Morgan fingerprint density at radius 2 is 0.932 bits per heavy atom. The molecule has 2 N–H and O–H groups in total. The zero-order valence-electron chi connectivity index (χ0n) is 47.0. The predicted molar refractivity (Wildman–Crippen MR) is 305 cm³/mol. The maximum absolute atomic E-state index is 11.7. The molecule has 7 unspecified atom stereocenters. The van der Waals surface area contributed by atoms with Gasteiger partial charge in [-0.15, -0.1) is 0 Å². The summed E-state index contributed by atoms with van der Waals surface area (Å²) in [6.45, 7) is 27.3. The number of ether oxygens (including phenoxy) is 3. The SMILES string of the molecule is CC(C)[C@H](/C=C/C1CSC(C)(C)N1CB=O)CO.COC(=O)/C=C/C(C)C1CSC(C)(C)N1CB=O.COC(=O)/C=C/C(O)C1CSC(C)(C)N1CB=O.COC(=O)C(/C=C/C1CSC(C)(C)N1CB=O)C(C)C. The fourth-order valence-corrected chi connectivity index (χ4v) is 14.0. The topological polar surface area (TPSA) is 201 Å². The molecule has 24 heteroatoms. The predicted octanol–water partition coefficient (Wildman–Crippen LogP) is 5.87. The Morgan fingerprint density at radius 1 is 0.554 bits per heavy atom. The molecule has 0 aliphatic carbocycles. The van der Waals surface area contributed by atoms with Crippen molar-refractivity contribution in [2.24, 2.45) is 29.6 Å². The van der Waals surface area contributed by atoms with Crippen LogP contribution in [0.3, 0.4) is 0 Å². The summed E-state index contributed by atoms with van der Waals surface area (Å²) >= 11 is 7.23. The van der Waals surface area contributed by atoms with Crippen LogP contribution in [0.25, 0.3) is 0 Å². The molecule has 0 amide bonds.